The van der Waals surface area contributed by atoms with Crippen molar-refractivity contribution in [1.82, 2.24) is 0 Å². The highest BCUT2D eigenvalue weighted by Crippen LogP contribution is 2.46. The largest absolute Gasteiger partial charge is 0.102 e. The third-order valence-electron chi connectivity index (χ3n) is 6.50. The normalized spacial score (nSPS) is 13.7. The molecule has 4 aromatic carbocycles. The minimum Gasteiger partial charge on any atom is -0.102 e. The minimum absolute atomic E-state index is 0.131. The Morgan fingerprint density at radius 2 is 1.16 bits per heavy atom. The summed E-state index contributed by atoms with van der Waals surface area (Å²) in [5.74, 6) is 0.267. The smallest absolute Gasteiger partial charge is 0.0273 e. The van der Waals surface area contributed by atoms with Crippen LogP contribution < -0.4 is 0 Å². The molecule has 0 heteroatoms. The first-order valence-electron chi connectivity index (χ1n) is 10.9. The van der Waals surface area contributed by atoms with E-state index in [-0.39, 0.29) is 11.8 Å². The van der Waals surface area contributed by atoms with E-state index in [1.165, 1.54) is 44.5 Å². The van der Waals surface area contributed by atoms with Crippen LogP contribution >= 0.6 is 0 Å². The molecule has 0 N–H and O–H groups in total. The lowest BCUT2D eigenvalue weighted by Gasteiger charge is -2.26. The molecule has 0 saturated heterocycles. The van der Waals surface area contributed by atoms with Crippen molar-refractivity contribution >= 4 is 0 Å². The summed E-state index contributed by atoms with van der Waals surface area (Å²) in [4.78, 5) is 0. The third-order valence-corrected chi connectivity index (χ3v) is 6.50. The van der Waals surface area contributed by atoms with Gasteiger partial charge in [0.15, 0.2) is 0 Å². The fourth-order valence-corrected chi connectivity index (χ4v) is 5.08. The Morgan fingerprint density at radius 1 is 0.581 bits per heavy atom. The number of benzene rings is 4. The Bertz CT molecular complexity index is 1230. The summed E-state index contributed by atoms with van der Waals surface area (Å²) in [6.45, 7) is 8.48. The van der Waals surface area contributed by atoms with Gasteiger partial charge in [0.2, 0.25) is 0 Å². The van der Waals surface area contributed by atoms with Gasteiger partial charge in [-0.15, -0.1) is 13.2 Å². The highest BCUT2D eigenvalue weighted by Gasteiger charge is 2.29. The summed E-state index contributed by atoms with van der Waals surface area (Å²) >= 11 is 0. The van der Waals surface area contributed by atoms with Gasteiger partial charge in [-0.05, 0) is 50.9 Å². The molecule has 2 atom stereocenters. The number of hydrogen-bond acceptors (Lipinski definition) is 0. The highest BCUT2D eigenvalue weighted by atomic mass is 14.3. The molecule has 0 saturated carbocycles. The van der Waals surface area contributed by atoms with E-state index in [9.17, 15) is 0 Å². The first-order chi connectivity index (χ1) is 15.3. The van der Waals surface area contributed by atoms with Crippen LogP contribution in [0.25, 0.3) is 11.1 Å². The van der Waals surface area contributed by atoms with Crippen molar-refractivity contribution in [2.75, 3.05) is 0 Å². The monoisotopic (exact) mass is 398 g/mol. The Morgan fingerprint density at radius 3 is 1.81 bits per heavy atom. The summed E-state index contributed by atoms with van der Waals surface area (Å²) in [6, 6.07) is 34.8. The van der Waals surface area contributed by atoms with Crippen molar-refractivity contribution in [3.8, 4) is 11.1 Å². The first-order valence-corrected chi connectivity index (χ1v) is 10.9. The standard InChI is InChI=1S/C31H26/c1-3-25(22-13-7-5-8-14-22)29-20-19-28-27-18-12-11-17-24(27)21-30(28)31(29)26(4-2)23-15-9-6-10-16-23/h3-20,25-26H,1-2,21H2. The molecule has 0 amide bonds. The highest BCUT2D eigenvalue weighted by molar-refractivity contribution is 5.79. The van der Waals surface area contributed by atoms with Crippen LogP contribution in [0.4, 0.5) is 0 Å². The van der Waals surface area contributed by atoms with Gasteiger partial charge in [0, 0.05) is 11.8 Å². The van der Waals surface area contributed by atoms with E-state index in [4.69, 9.17) is 0 Å². The molecule has 5 rings (SSSR count). The van der Waals surface area contributed by atoms with Crippen LogP contribution in [-0.2, 0) is 6.42 Å². The van der Waals surface area contributed by atoms with E-state index < -0.39 is 0 Å². The van der Waals surface area contributed by atoms with Crippen molar-refractivity contribution < 1.29 is 0 Å². The van der Waals surface area contributed by atoms with E-state index in [0.29, 0.717) is 0 Å². The molecule has 0 aliphatic heterocycles. The van der Waals surface area contributed by atoms with Crippen LogP contribution in [0.15, 0.2) is 122 Å². The SMILES string of the molecule is C=CC(c1ccccc1)c1ccc2c(c1C(C=C)c1ccccc1)Cc1ccccc1-2. The van der Waals surface area contributed by atoms with Gasteiger partial charge < -0.3 is 0 Å². The van der Waals surface area contributed by atoms with Gasteiger partial charge in [-0.1, -0.05) is 109 Å². The summed E-state index contributed by atoms with van der Waals surface area (Å²) in [5, 5.41) is 0. The molecule has 1 aliphatic rings. The number of fused-ring (bicyclic) bond motifs is 3. The fraction of sp³-hybridized carbons (Fsp3) is 0.0968. The second kappa shape index (κ2) is 8.24. The molecule has 150 valence electrons. The van der Waals surface area contributed by atoms with E-state index in [2.05, 4.69) is 122 Å². The van der Waals surface area contributed by atoms with Gasteiger partial charge in [-0.25, -0.2) is 0 Å². The van der Waals surface area contributed by atoms with Crippen molar-refractivity contribution in [3.05, 3.63) is 156 Å². The van der Waals surface area contributed by atoms with Crippen LogP contribution in [0.1, 0.15) is 45.2 Å². The first kappa shape index (κ1) is 19.3. The summed E-state index contributed by atoms with van der Waals surface area (Å²) in [7, 11) is 0. The zero-order valence-electron chi connectivity index (χ0n) is 17.7. The Balaban J connectivity index is 1.77. The molecule has 31 heavy (non-hydrogen) atoms. The molecule has 0 spiro atoms. The van der Waals surface area contributed by atoms with Crippen molar-refractivity contribution in [2.45, 2.75) is 18.3 Å². The second-order valence-electron chi connectivity index (χ2n) is 8.18. The van der Waals surface area contributed by atoms with E-state index in [1.54, 1.807) is 0 Å². The van der Waals surface area contributed by atoms with Crippen LogP contribution in [-0.4, -0.2) is 0 Å². The van der Waals surface area contributed by atoms with Crippen molar-refractivity contribution in [1.29, 1.82) is 0 Å². The van der Waals surface area contributed by atoms with Crippen molar-refractivity contribution in [2.24, 2.45) is 0 Å². The molecule has 2 unspecified atom stereocenters. The zero-order chi connectivity index (χ0) is 21.2. The summed E-state index contributed by atoms with van der Waals surface area (Å²) < 4.78 is 0. The molecule has 0 bridgehead atoms. The average molecular weight is 399 g/mol. The van der Waals surface area contributed by atoms with E-state index >= 15 is 0 Å². The maximum atomic E-state index is 4.26. The van der Waals surface area contributed by atoms with Gasteiger partial charge in [-0.3, -0.25) is 0 Å². The van der Waals surface area contributed by atoms with E-state index in [1.807, 2.05) is 0 Å². The average Bonchev–Trinajstić information content (AvgIpc) is 3.21. The zero-order valence-corrected chi connectivity index (χ0v) is 17.7. The summed E-state index contributed by atoms with van der Waals surface area (Å²) in [5.41, 5.74) is 10.8. The van der Waals surface area contributed by atoms with Crippen LogP contribution in [0.5, 0.6) is 0 Å². The molecule has 0 heterocycles. The van der Waals surface area contributed by atoms with Gasteiger partial charge in [-0.2, -0.15) is 0 Å². The number of allylic oxidation sites excluding steroid dienone is 2. The molecule has 0 nitrogen and oxygen atoms in total. The maximum Gasteiger partial charge on any atom is 0.0273 e. The molecular formula is C31H26. The van der Waals surface area contributed by atoms with Crippen LogP contribution in [0.3, 0.4) is 0 Å². The molecule has 0 fully saturated rings. The topological polar surface area (TPSA) is 0 Å². The second-order valence-corrected chi connectivity index (χ2v) is 8.18. The lowest BCUT2D eigenvalue weighted by molar-refractivity contribution is 0.921. The molecular weight excluding hydrogens is 372 g/mol. The van der Waals surface area contributed by atoms with Gasteiger partial charge in [0.1, 0.15) is 0 Å². The van der Waals surface area contributed by atoms with Crippen LogP contribution in [0, 0.1) is 0 Å². The maximum absolute atomic E-state index is 4.26. The number of hydrogen-bond donors (Lipinski definition) is 0. The lowest BCUT2D eigenvalue weighted by Crippen LogP contribution is -2.10. The molecule has 0 aromatic heterocycles. The fourth-order valence-electron chi connectivity index (χ4n) is 5.08. The van der Waals surface area contributed by atoms with E-state index in [0.717, 1.165) is 6.42 Å². The third kappa shape index (κ3) is 3.35. The Labute approximate surface area is 185 Å². The number of rotatable bonds is 6. The Hall–Kier alpha value is -3.64. The minimum atomic E-state index is 0.131. The molecule has 0 radical (unpaired) electrons. The predicted octanol–water partition coefficient (Wildman–Crippen LogP) is 7.89. The van der Waals surface area contributed by atoms with Gasteiger partial charge in [0.05, 0.1) is 0 Å². The predicted molar refractivity (Wildman–Crippen MR) is 132 cm³/mol. The van der Waals surface area contributed by atoms with Gasteiger partial charge in [0.25, 0.3) is 0 Å². The Kier molecular flexibility index (Phi) is 5.14. The molecule has 4 aromatic rings. The van der Waals surface area contributed by atoms with Crippen LogP contribution in [0.2, 0.25) is 0 Å². The van der Waals surface area contributed by atoms with Crippen molar-refractivity contribution in [3.63, 3.8) is 0 Å². The quantitative estimate of drug-likeness (QED) is 0.255. The summed E-state index contributed by atoms with van der Waals surface area (Å²) in [6.07, 6.45) is 5.14. The molecule has 1 aliphatic carbocycles. The lowest BCUT2D eigenvalue weighted by atomic mass is 9.78. The van der Waals surface area contributed by atoms with Gasteiger partial charge >= 0.3 is 0 Å².